The lowest BCUT2D eigenvalue weighted by Crippen LogP contribution is -2.42. The Morgan fingerprint density at radius 1 is 1.62 bits per heavy atom. The van der Waals surface area contributed by atoms with E-state index in [1.807, 2.05) is 0 Å². The molecule has 0 saturated carbocycles. The van der Waals surface area contributed by atoms with Crippen molar-refractivity contribution in [2.45, 2.75) is 12.5 Å². The SMILES string of the molecule is COC(=O)[C@H]1NC(=O)C[C@@H]1C(N)=O. The normalized spacial score (nSPS) is 26.7. The van der Waals surface area contributed by atoms with Gasteiger partial charge in [0.15, 0.2) is 0 Å². The van der Waals surface area contributed by atoms with Crippen molar-refractivity contribution in [3.63, 3.8) is 0 Å². The highest BCUT2D eigenvalue weighted by atomic mass is 16.5. The Labute approximate surface area is 74.4 Å². The van der Waals surface area contributed by atoms with Crippen molar-refractivity contribution in [1.29, 1.82) is 0 Å². The summed E-state index contributed by atoms with van der Waals surface area (Å²) in [6, 6.07) is -0.921. The van der Waals surface area contributed by atoms with Gasteiger partial charge in [0.25, 0.3) is 0 Å². The first kappa shape index (κ1) is 9.50. The van der Waals surface area contributed by atoms with E-state index < -0.39 is 23.8 Å². The fraction of sp³-hybridized carbons (Fsp3) is 0.571. The van der Waals surface area contributed by atoms with Crippen LogP contribution in [0.3, 0.4) is 0 Å². The molecule has 2 atom stereocenters. The Balaban J connectivity index is 2.77. The van der Waals surface area contributed by atoms with Gasteiger partial charge in [-0.05, 0) is 0 Å². The summed E-state index contributed by atoms with van der Waals surface area (Å²) in [5, 5.41) is 2.32. The van der Waals surface area contributed by atoms with Gasteiger partial charge in [-0.1, -0.05) is 0 Å². The van der Waals surface area contributed by atoms with Crippen molar-refractivity contribution in [2.24, 2.45) is 11.7 Å². The predicted octanol–water partition coefficient (Wildman–Crippen LogP) is -1.85. The molecule has 0 aliphatic carbocycles. The molecule has 1 aliphatic rings. The topological polar surface area (TPSA) is 98.5 Å². The molecule has 0 aromatic heterocycles. The zero-order valence-electron chi connectivity index (χ0n) is 7.07. The summed E-state index contributed by atoms with van der Waals surface area (Å²) >= 11 is 0. The quantitative estimate of drug-likeness (QED) is 0.494. The van der Waals surface area contributed by atoms with Gasteiger partial charge in [0, 0.05) is 6.42 Å². The van der Waals surface area contributed by atoms with E-state index in [0.29, 0.717) is 0 Å². The van der Waals surface area contributed by atoms with Crippen LogP contribution in [0.2, 0.25) is 0 Å². The number of methoxy groups -OCH3 is 1. The minimum Gasteiger partial charge on any atom is -0.467 e. The number of esters is 1. The second-order valence-electron chi connectivity index (χ2n) is 2.78. The minimum atomic E-state index is -0.921. The summed E-state index contributed by atoms with van der Waals surface area (Å²) in [6.07, 6.45) is -0.0465. The standard InChI is InChI=1S/C7H10N2O4/c1-13-7(12)5-3(6(8)11)2-4(10)9-5/h3,5H,2H2,1H3,(H2,8,11)(H,9,10)/t3-,5-/m0/s1. The number of carbonyl (C=O) groups excluding carboxylic acids is 3. The Kier molecular flexibility index (Phi) is 2.50. The number of hydrogen-bond donors (Lipinski definition) is 2. The lowest BCUT2D eigenvalue weighted by molar-refractivity contribution is -0.146. The lowest BCUT2D eigenvalue weighted by atomic mass is 10.0. The van der Waals surface area contributed by atoms with E-state index in [0.717, 1.165) is 0 Å². The van der Waals surface area contributed by atoms with Crippen LogP contribution in [-0.2, 0) is 19.1 Å². The molecule has 2 amide bonds. The summed E-state index contributed by atoms with van der Waals surface area (Å²) in [4.78, 5) is 32.7. The molecule has 0 radical (unpaired) electrons. The zero-order valence-corrected chi connectivity index (χ0v) is 7.07. The van der Waals surface area contributed by atoms with Crippen LogP contribution < -0.4 is 11.1 Å². The Morgan fingerprint density at radius 3 is 2.69 bits per heavy atom. The number of carbonyl (C=O) groups is 3. The van der Waals surface area contributed by atoms with E-state index in [1.54, 1.807) is 0 Å². The van der Waals surface area contributed by atoms with Gasteiger partial charge < -0.3 is 15.8 Å². The van der Waals surface area contributed by atoms with Gasteiger partial charge >= 0.3 is 5.97 Å². The van der Waals surface area contributed by atoms with Crippen molar-refractivity contribution in [2.75, 3.05) is 7.11 Å². The van der Waals surface area contributed by atoms with Crippen molar-refractivity contribution < 1.29 is 19.1 Å². The molecule has 0 aromatic rings. The van der Waals surface area contributed by atoms with Crippen LogP contribution in [0.4, 0.5) is 0 Å². The van der Waals surface area contributed by atoms with Gasteiger partial charge in [0.05, 0.1) is 13.0 Å². The van der Waals surface area contributed by atoms with Crippen molar-refractivity contribution in [3.05, 3.63) is 0 Å². The Hall–Kier alpha value is -1.59. The number of hydrogen-bond acceptors (Lipinski definition) is 4. The molecule has 1 fully saturated rings. The molecule has 0 unspecified atom stereocenters. The first-order valence-electron chi connectivity index (χ1n) is 3.72. The molecular formula is C7H10N2O4. The first-order valence-corrected chi connectivity index (χ1v) is 3.72. The summed E-state index contributed by atoms with van der Waals surface area (Å²) in [5.74, 6) is -2.47. The largest absolute Gasteiger partial charge is 0.467 e. The number of rotatable bonds is 2. The van der Waals surface area contributed by atoms with Crippen LogP contribution in [0.25, 0.3) is 0 Å². The van der Waals surface area contributed by atoms with E-state index >= 15 is 0 Å². The van der Waals surface area contributed by atoms with Crippen LogP contribution in [0, 0.1) is 5.92 Å². The molecule has 1 heterocycles. The van der Waals surface area contributed by atoms with Crippen molar-refractivity contribution in [3.8, 4) is 0 Å². The second kappa shape index (κ2) is 3.42. The van der Waals surface area contributed by atoms with Gasteiger partial charge in [0.1, 0.15) is 6.04 Å². The summed E-state index contributed by atoms with van der Waals surface area (Å²) < 4.78 is 4.40. The van der Waals surface area contributed by atoms with E-state index in [1.165, 1.54) is 7.11 Å². The minimum absolute atomic E-state index is 0.0465. The highest BCUT2D eigenvalue weighted by molar-refractivity contribution is 5.96. The molecule has 1 rings (SSSR count). The maximum Gasteiger partial charge on any atom is 0.329 e. The fourth-order valence-corrected chi connectivity index (χ4v) is 1.27. The van der Waals surface area contributed by atoms with Gasteiger partial charge in [-0.25, -0.2) is 4.79 Å². The van der Waals surface area contributed by atoms with Gasteiger partial charge in [-0.15, -0.1) is 0 Å². The molecule has 0 spiro atoms. The highest BCUT2D eigenvalue weighted by Gasteiger charge is 2.41. The van der Waals surface area contributed by atoms with Crippen LogP contribution in [0.15, 0.2) is 0 Å². The molecule has 0 aromatic carbocycles. The average Bonchev–Trinajstić information content (AvgIpc) is 2.46. The average molecular weight is 186 g/mol. The molecule has 1 aliphatic heterocycles. The summed E-state index contributed by atoms with van der Waals surface area (Å²) in [7, 11) is 1.19. The maximum absolute atomic E-state index is 11.0. The maximum atomic E-state index is 11.0. The highest BCUT2D eigenvalue weighted by Crippen LogP contribution is 2.16. The van der Waals surface area contributed by atoms with Crippen LogP contribution in [0.1, 0.15) is 6.42 Å². The molecule has 13 heavy (non-hydrogen) atoms. The summed E-state index contributed by atoms with van der Waals surface area (Å²) in [5.41, 5.74) is 5.00. The predicted molar refractivity (Wildman–Crippen MR) is 41.2 cm³/mol. The van der Waals surface area contributed by atoms with Gasteiger partial charge in [0.2, 0.25) is 11.8 Å². The molecule has 0 bridgehead atoms. The molecule has 6 heteroatoms. The molecule has 72 valence electrons. The molecular weight excluding hydrogens is 176 g/mol. The zero-order chi connectivity index (χ0) is 10.0. The van der Waals surface area contributed by atoms with Gasteiger partial charge in [-0.2, -0.15) is 0 Å². The summed E-state index contributed by atoms with van der Waals surface area (Å²) in [6.45, 7) is 0. The van der Waals surface area contributed by atoms with Crippen molar-refractivity contribution in [1.82, 2.24) is 5.32 Å². The van der Waals surface area contributed by atoms with E-state index in [2.05, 4.69) is 10.1 Å². The third-order valence-corrected chi connectivity index (χ3v) is 1.94. The third-order valence-electron chi connectivity index (χ3n) is 1.94. The Bertz CT molecular complexity index is 263. The van der Waals surface area contributed by atoms with E-state index in [4.69, 9.17) is 5.73 Å². The lowest BCUT2D eigenvalue weighted by Gasteiger charge is -2.12. The monoisotopic (exact) mass is 186 g/mol. The number of amides is 2. The molecule has 6 nitrogen and oxygen atoms in total. The second-order valence-corrected chi connectivity index (χ2v) is 2.78. The fourth-order valence-electron chi connectivity index (χ4n) is 1.27. The van der Waals surface area contributed by atoms with Crippen LogP contribution in [-0.4, -0.2) is 30.9 Å². The third kappa shape index (κ3) is 1.77. The van der Waals surface area contributed by atoms with Crippen LogP contribution in [0.5, 0.6) is 0 Å². The molecule has 3 N–H and O–H groups in total. The number of nitrogens with two attached hydrogens (primary N) is 1. The van der Waals surface area contributed by atoms with Gasteiger partial charge in [-0.3, -0.25) is 9.59 Å². The van der Waals surface area contributed by atoms with Crippen LogP contribution >= 0.6 is 0 Å². The Morgan fingerprint density at radius 2 is 2.23 bits per heavy atom. The smallest absolute Gasteiger partial charge is 0.329 e. The molecule has 1 saturated heterocycles. The van der Waals surface area contributed by atoms with E-state index in [9.17, 15) is 14.4 Å². The van der Waals surface area contributed by atoms with Crippen molar-refractivity contribution >= 4 is 17.8 Å². The number of primary amides is 1. The number of nitrogens with one attached hydrogen (secondary N) is 1. The first-order chi connectivity index (χ1) is 6.06. The van der Waals surface area contributed by atoms with E-state index in [-0.39, 0.29) is 12.3 Å². The number of ether oxygens (including phenoxy) is 1.